The molecule has 10 heteroatoms. The lowest BCUT2D eigenvalue weighted by Crippen LogP contribution is -2.41. The van der Waals surface area contributed by atoms with E-state index in [0.717, 1.165) is 11.4 Å². The number of carbonyl (C=O) groups is 1. The summed E-state index contributed by atoms with van der Waals surface area (Å²) in [6, 6.07) is 7.75. The van der Waals surface area contributed by atoms with Gasteiger partial charge >= 0.3 is 0 Å². The van der Waals surface area contributed by atoms with Crippen LogP contribution in [0.3, 0.4) is 0 Å². The minimum Gasteiger partial charge on any atom is -0.388 e. The van der Waals surface area contributed by atoms with Crippen molar-refractivity contribution in [1.82, 2.24) is 10.6 Å². The Hall–Kier alpha value is -1.98. The van der Waals surface area contributed by atoms with Crippen molar-refractivity contribution in [2.24, 2.45) is 0 Å². The van der Waals surface area contributed by atoms with Gasteiger partial charge in [0.1, 0.15) is 18.3 Å². The number of thiocarbonyl (C=S) groups is 1. The average molecular weight is 427 g/mol. The van der Waals surface area contributed by atoms with Gasteiger partial charge in [-0.1, -0.05) is 0 Å². The number of methoxy groups -OCH3 is 1. The minimum atomic E-state index is -1.14. The van der Waals surface area contributed by atoms with Crippen molar-refractivity contribution in [3.8, 4) is 0 Å². The molecule has 29 heavy (non-hydrogen) atoms. The lowest BCUT2D eigenvalue weighted by molar-refractivity contribution is -0.125. The van der Waals surface area contributed by atoms with E-state index in [2.05, 4.69) is 16.0 Å². The van der Waals surface area contributed by atoms with Crippen LogP contribution in [0.5, 0.6) is 0 Å². The summed E-state index contributed by atoms with van der Waals surface area (Å²) in [5.41, 5.74) is 1.90. The molecule has 0 aliphatic carbocycles. The molecule has 162 valence electrons. The van der Waals surface area contributed by atoms with E-state index in [4.69, 9.17) is 21.7 Å². The Kier molecular flexibility index (Phi) is 9.05. The van der Waals surface area contributed by atoms with Gasteiger partial charge in [0, 0.05) is 45.7 Å². The summed E-state index contributed by atoms with van der Waals surface area (Å²) in [5.74, 6) is -0.273. The van der Waals surface area contributed by atoms with Gasteiger partial charge in [-0.05, 0) is 36.5 Å². The van der Waals surface area contributed by atoms with Gasteiger partial charge in [0.2, 0.25) is 5.91 Å². The number of nitrogens with one attached hydrogen (secondary N) is 3. The second kappa shape index (κ2) is 11.3. The smallest absolute Gasteiger partial charge is 0.222 e. The standard InChI is InChI=1S/C19H30N4O5S/c1-23(2)13-6-4-12(5-7-13)22-19(29)21-11-15-18(26)17(25)14(28-15)10-16(24)20-8-9-27-3/h4-7,14-15,17-18,25-26H,8-11H2,1-3H3,(H,20,24)(H2,21,22,29)/t14-,15+,17-,18+/m0/s1. The Morgan fingerprint density at radius 2 is 1.83 bits per heavy atom. The molecule has 1 fully saturated rings. The van der Waals surface area contributed by atoms with Crippen LogP contribution in [0.25, 0.3) is 0 Å². The van der Waals surface area contributed by atoms with Gasteiger partial charge in [0.05, 0.1) is 19.1 Å². The lowest BCUT2D eigenvalue weighted by Gasteiger charge is -2.18. The van der Waals surface area contributed by atoms with Gasteiger partial charge in [0.25, 0.3) is 0 Å². The molecule has 0 saturated carbocycles. The number of anilines is 2. The van der Waals surface area contributed by atoms with Gasteiger partial charge in [-0.25, -0.2) is 0 Å². The zero-order chi connectivity index (χ0) is 21.4. The molecular formula is C19H30N4O5S. The van der Waals surface area contributed by atoms with E-state index >= 15 is 0 Å². The zero-order valence-electron chi connectivity index (χ0n) is 16.9. The van der Waals surface area contributed by atoms with Crippen molar-refractivity contribution < 1.29 is 24.5 Å². The molecule has 0 spiro atoms. The molecule has 0 unspecified atom stereocenters. The first-order valence-corrected chi connectivity index (χ1v) is 9.82. The third kappa shape index (κ3) is 7.09. The van der Waals surface area contributed by atoms with Crippen LogP contribution in [0.1, 0.15) is 6.42 Å². The fraction of sp³-hybridized carbons (Fsp3) is 0.579. The Morgan fingerprint density at radius 1 is 1.17 bits per heavy atom. The van der Waals surface area contributed by atoms with Crippen molar-refractivity contribution in [2.75, 3.05) is 51.1 Å². The average Bonchev–Trinajstić information content (AvgIpc) is 2.95. The van der Waals surface area contributed by atoms with Crippen molar-refractivity contribution in [2.45, 2.75) is 30.8 Å². The zero-order valence-corrected chi connectivity index (χ0v) is 17.7. The highest BCUT2D eigenvalue weighted by molar-refractivity contribution is 7.80. The molecule has 0 bridgehead atoms. The maximum absolute atomic E-state index is 11.9. The third-order valence-corrected chi connectivity index (χ3v) is 4.83. The first kappa shape index (κ1) is 23.3. The number of aliphatic hydroxyl groups is 2. The van der Waals surface area contributed by atoms with Crippen LogP contribution in [-0.2, 0) is 14.3 Å². The minimum absolute atomic E-state index is 0.0423. The molecular weight excluding hydrogens is 396 g/mol. The highest BCUT2D eigenvalue weighted by atomic mass is 32.1. The Morgan fingerprint density at radius 3 is 2.45 bits per heavy atom. The summed E-state index contributed by atoms with van der Waals surface area (Å²) in [6.45, 7) is 0.972. The van der Waals surface area contributed by atoms with Crippen molar-refractivity contribution in [1.29, 1.82) is 0 Å². The van der Waals surface area contributed by atoms with E-state index in [1.807, 2.05) is 43.3 Å². The van der Waals surface area contributed by atoms with E-state index in [9.17, 15) is 15.0 Å². The quantitative estimate of drug-likeness (QED) is 0.268. The van der Waals surface area contributed by atoms with E-state index in [1.54, 1.807) is 7.11 Å². The maximum Gasteiger partial charge on any atom is 0.222 e. The predicted octanol–water partition coefficient (Wildman–Crippen LogP) is -0.319. The number of benzene rings is 1. The number of rotatable bonds is 9. The number of hydrogen-bond donors (Lipinski definition) is 5. The Labute approximate surface area is 176 Å². The molecule has 2 rings (SSSR count). The van der Waals surface area contributed by atoms with Crippen LogP contribution in [0.15, 0.2) is 24.3 Å². The monoisotopic (exact) mass is 426 g/mol. The Balaban J connectivity index is 1.77. The molecule has 1 aromatic carbocycles. The van der Waals surface area contributed by atoms with Gasteiger partial charge in [0.15, 0.2) is 5.11 Å². The van der Waals surface area contributed by atoms with Crippen LogP contribution >= 0.6 is 12.2 Å². The number of amides is 1. The molecule has 1 heterocycles. The Bertz CT molecular complexity index is 673. The largest absolute Gasteiger partial charge is 0.388 e. The molecule has 1 amide bonds. The number of ether oxygens (including phenoxy) is 2. The highest BCUT2D eigenvalue weighted by Crippen LogP contribution is 2.23. The summed E-state index contributed by atoms with van der Waals surface area (Å²) in [5, 5.41) is 29.4. The fourth-order valence-electron chi connectivity index (χ4n) is 2.92. The summed E-state index contributed by atoms with van der Waals surface area (Å²) < 4.78 is 10.5. The van der Waals surface area contributed by atoms with Crippen molar-refractivity contribution >= 4 is 34.6 Å². The summed E-state index contributed by atoms with van der Waals surface area (Å²) in [7, 11) is 5.47. The van der Waals surface area contributed by atoms with Gasteiger partial charge in [-0.2, -0.15) is 0 Å². The van der Waals surface area contributed by atoms with Crippen LogP contribution in [0.2, 0.25) is 0 Å². The number of aliphatic hydroxyl groups excluding tert-OH is 2. The molecule has 1 aliphatic rings. The van der Waals surface area contributed by atoms with E-state index in [1.165, 1.54) is 0 Å². The van der Waals surface area contributed by atoms with Crippen LogP contribution in [0.4, 0.5) is 11.4 Å². The summed E-state index contributed by atoms with van der Waals surface area (Å²) in [4.78, 5) is 13.9. The van der Waals surface area contributed by atoms with Crippen LogP contribution in [0, 0.1) is 0 Å². The normalized spacial score (nSPS) is 23.5. The molecule has 0 radical (unpaired) electrons. The molecule has 1 aliphatic heterocycles. The van der Waals surface area contributed by atoms with Crippen molar-refractivity contribution in [3.63, 3.8) is 0 Å². The van der Waals surface area contributed by atoms with Gasteiger partial charge in [-0.3, -0.25) is 4.79 Å². The maximum atomic E-state index is 11.9. The first-order valence-electron chi connectivity index (χ1n) is 9.41. The molecule has 9 nitrogen and oxygen atoms in total. The molecule has 5 N–H and O–H groups in total. The number of carbonyl (C=O) groups excluding carboxylic acids is 1. The third-order valence-electron chi connectivity index (χ3n) is 4.58. The van der Waals surface area contributed by atoms with Gasteiger partial charge < -0.3 is 40.5 Å². The number of nitrogens with zero attached hydrogens (tertiary/aromatic N) is 1. The lowest BCUT2D eigenvalue weighted by atomic mass is 10.1. The SMILES string of the molecule is COCCNC(=O)C[C@@H]1O[C@H](CNC(=S)Nc2ccc(N(C)C)cc2)[C@@H](O)[C@H]1O. The second-order valence-electron chi connectivity index (χ2n) is 7.02. The number of hydrogen-bond acceptors (Lipinski definition) is 7. The predicted molar refractivity (Wildman–Crippen MR) is 115 cm³/mol. The van der Waals surface area contributed by atoms with E-state index < -0.39 is 24.4 Å². The molecule has 0 aromatic heterocycles. The topological polar surface area (TPSA) is 115 Å². The second-order valence-corrected chi connectivity index (χ2v) is 7.43. The first-order chi connectivity index (χ1) is 13.8. The summed E-state index contributed by atoms with van der Waals surface area (Å²) in [6.07, 6.45) is -3.76. The van der Waals surface area contributed by atoms with Gasteiger partial charge in [-0.15, -0.1) is 0 Å². The highest BCUT2D eigenvalue weighted by Gasteiger charge is 2.43. The van der Waals surface area contributed by atoms with E-state index in [0.29, 0.717) is 18.3 Å². The summed E-state index contributed by atoms with van der Waals surface area (Å²) >= 11 is 5.27. The molecule has 4 atom stereocenters. The fourth-order valence-corrected chi connectivity index (χ4v) is 3.12. The van der Waals surface area contributed by atoms with E-state index in [-0.39, 0.29) is 18.9 Å². The van der Waals surface area contributed by atoms with Crippen LogP contribution < -0.4 is 20.9 Å². The molecule has 1 aromatic rings. The molecule has 1 saturated heterocycles. The van der Waals surface area contributed by atoms with Crippen LogP contribution in [-0.4, -0.2) is 86.6 Å². The van der Waals surface area contributed by atoms with Crippen molar-refractivity contribution in [3.05, 3.63) is 24.3 Å².